The highest BCUT2D eigenvalue weighted by Crippen LogP contribution is 2.28. The summed E-state index contributed by atoms with van der Waals surface area (Å²) in [5, 5.41) is 9.38. The number of carbonyl (C=O) groups excluding carboxylic acids is 1. The summed E-state index contributed by atoms with van der Waals surface area (Å²) in [6, 6.07) is 0. The molecular weight excluding hydrogens is 308 g/mol. The first-order chi connectivity index (χ1) is 11.8. The molecular formula is C17H32N4O3. The number of hydrogen-bond donors (Lipinski definition) is 3. The van der Waals surface area contributed by atoms with E-state index in [1.54, 1.807) is 0 Å². The molecule has 0 bridgehead atoms. The van der Waals surface area contributed by atoms with Crippen LogP contribution in [-0.4, -0.2) is 64.0 Å². The third-order valence-electron chi connectivity index (χ3n) is 4.05. The molecule has 2 aliphatic rings. The Bertz CT molecular complexity index is 393. The van der Waals surface area contributed by atoms with Crippen LogP contribution in [-0.2, 0) is 14.3 Å². The van der Waals surface area contributed by atoms with Crippen molar-refractivity contribution in [1.82, 2.24) is 16.0 Å². The monoisotopic (exact) mass is 340 g/mol. The molecule has 0 aromatic rings. The molecule has 0 aromatic carbocycles. The highest BCUT2D eigenvalue weighted by atomic mass is 16.5. The van der Waals surface area contributed by atoms with Crippen LogP contribution in [0.5, 0.6) is 0 Å². The molecule has 24 heavy (non-hydrogen) atoms. The normalized spacial score (nSPS) is 20.9. The maximum atomic E-state index is 11.5. The number of nitrogens with one attached hydrogen (secondary N) is 3. The van der Waals surface area contributed by atoms with Crippen molar-refractivity contribution in [3.63, 3.8) is 0 Å². The summed E-state index contributed by atoms with van der Waals surface area (Å²) in [6.07, 6.45) is 5.53. The Kier molecular flexibility index (Phi) is 8.91. The lowest BCUT2D eigenvalue weighted by Crippen LogP contribution is -2.41. The molecule has 1 atom stereocenters. The average molecular weight is 340 g/mol. The Balaban J connectivity index is 1.49. The lowest BCUT2D eigenvalue weighted by Gasteiger charge is -2.12. The second-order valence-electron chi connectivity index (χ2n) is 6.32. The van der Waals surface area contributed by atoms with E-state index >= 15 is 0 Å². The number of ether oxygens (including phenoxy) is 2. The zero-order valence-electron chi connectivity index (χ0n) is 14.8. The van der Waals surface area contributed by atoms with Crippen molar-refractivity contribution in [2.75, 3.05) is 46.0 Å². The predicted molar refractivity (Wildman–Crippen MR) is 94.1 cm³/mol. The predicted octanol–water partition coefficient (Wildman–Crippen LogP) is 0.653. The van der Waals surface area contributed by atoms with Crippen molar-refractivity contribution in [2.24, 2.45) is 10.9 Å². The van der Waals surface area contributed by atoms with E-state index in [-0.39, 0.29) is 11.8 Å². The molecule has 0 aromatic heterocycles. The van der Waals surface area contributed by atoms with Gasteiger partial charge < -0.3 is 25.4 Å². The molecule has 1 aliphatic carbocycles. The molecule has 2 fully saturated rings. The van der Waals surface area contributed by atoms with Gasteiger partial charge in [-0.05, 0) is 39.0 Å². The minimum absolute atomic E-state index is 0.183. The summed E-state index contributed by atoms with van der Waals surface area (Å²) in [6.45, 7) is 7.16. The van der Waals surface area contributed by atoms with E-state index in [2.05, 4.69) is 20.9 Å². The zero-order valence-corrected chi connectivity index (χ0v) is 14.8. The Morgan fingerprint density at radius 2 is 2.04 bits per heavy atom. The Morgan fingerprint density at radius 1 is 1.21 bits per heavy atom. The molecule has 1 saturated heterocycles. The van der Waals surface area contributed by atoms with Gasteiger partial charge in [0.25, 0.3) is 0 Å². The molecule has 1 unspecified atom stereocenters. The summed E-state index contributed by atoms with van der Waals surface area (Å²) in [5.74, 6) is 1.24. The fourth-order valence-corrected chi connectivity index (χ4v) is 2.55. The Labute approximate surface area is 145 Å². The maximum Gasteiger partial charge on any atom is 0.223 e. The van der Waals surface area contributed by atoms with Gasteiger partial charge >= 0.3 is 0 Å². The summed E-state index contributed by atoms with van der Waals surface area (Å²) < 4.78 is 11.1. The van der Waals surface area contributed by atoms with E-state index in [0.29, 0.717) is 32.4 Å². The van der Waals surface area contributed by atoms with Gasteiger partial charge in [0.1, 0.15) is 0 Å². The van der Waals surface area contributed by atoms with Gasteiger partial charge in [0.2, 0.25) is 5.91 Å². The van der Waals surface area contributed by atoms with E-state index in [0.717, 1.165) is 57.8 Å². The SMILES string of the molecule is CCNC(=NCCCOCC1CCCO1)NCCNC(=O)C1CC1. The Hall–Kier alpha value is -1.34. The Morgan fingerprint density at radius 3 is 2.75 bits per heavy atom. The standard InChI is InChI=1S/C17H32N4O3/c1-2-18-17(21-10-9-19-16(22)14-6-7-14)20-8-4-11-23-13-15-5-3-12-24-15/h14-15H,2-13H2,1H3,(H,19,22)(H2,18,20,21). The first-order valence-corrected chi connectivity index (χ1v) is 9.29. The van der Waals surface area contributed by atoms with E-state index in [4.69, 9.17) is 9.47 Å². The van der Waals surface area contributed by atoms with Gasteiger partial charge in [-0.2, -0.15) is 0 Å². The van der Waals surface area contributed by atoms with Crippen LogP contribution in [0.4, 0.5) is 0 Å². The molecule has 0 spiro atoms. The van der Waals surface area contributed by atoms with Crippen molar-refractivity contribution in [2.45, 2.75) is 45.1 Å². The molecule has 1 amide bonds. The van der Waals surface area contributed by atoms with Crippen molar-refractivity contribution in [3.05, 3.63) is 0 Å². The molecule has 7 nitrogen and oxygen atoms in total. The van der Waals surface area contributed by atoms with E-state index in [1.165, 1.54) is 0 Å². The second kappa shape index (κ2) is 11.3. The van der Waals surface area contributed by atoms with Crippen LogP contribution < -0.4 is 16.0 Å². The van der Waals surface area contributed by atoms with Crippen molar-refractivity contribution < 1.29 is 14.3 Å². The fraction of sp³-hybridized carbons (Fsp3) is 0.882. The summed E-state index contributed by atoms with van der Waals surface area (Å²) in [5.41, 5.74) is 0. The minimum Gasteiger partial charge on any atom is -0.379 e. The molecule has 1 saturated carbocycles. The van der Waals surface area contributed by atoms with Gasteiger partial charge in [0.05, 0.1) is 12.7 Å². The van der Waals surface area contributed by atoms with Gasteiger partial charge in [-0.25, -0.2) is 0 Å². The lowest BCUT2D eigenvalue weighted by molar-refractivity contribution is -0.122. The zero-order chi connectivity index (χ0) is 17.0. The molecule has 3 N–H and O–H groups in total. The largest absolute Gasteiger partial charge is 0.379 e. The van der Waals surface area contributed by atoms with Gasteiger partial charge in [0.15, 0.2) is 5.96 Å². The quantitative estimate of drug-likeness (QED) is 0.292. The smallest absolute Gasteiger partial charge is 0.223 e. The van der Waals surface area contributed by atoms with Crippen molar-refractivity contribution in [1.29, 1.82) is 0 Å². The highest BCUT2D eigenvalue weighted by molar-refractivity contribution is 5.81. The van der Waals surface area contributed by atoms with E-state index in [9.17, 15) is 4.79 Å². The molecule has 0 radical (unpaired) electrons. The summed E-state index contributed by atoms with van der Waals surface area (Å²) in [7, 11) is 0. The third-order valence-corrected chi connectivity index (χ3v) is 4.05. The lowest BCUT2D eigenvalue weighted by atomic mass is 10.2. The number of aliphatic imine (C=N–C) groups is 1. The van der Waals surface area contributed by atoms with Crippen LogP contribution in [0.15, 0.2) is 4.99 Å². The van der Waals surface area contributed by atoms with E-state index < -0.39 is 0 Å². The molecule has 1 aliphatic heterocycles. The van der Waals surface area contributed by atoms with Crippen LogP contribution in [0.2, 0.25) is 0 Å². The van der Waals surface area contributed by atoms with Gasteiger partial charge in [-0.15, -0.1) is 0 Å². The highest BCUT2D eigenvalue weighted by Gasteiger charge is 2.28. The van der Waals surface area contributed by atoms with Crippen LogP contribution in [0.25, 0.3) is 0 Å². The second-order valence-corrected chi connectivity index (χ2v) is 6.32. The van der Waals surface area contributed by atoms with E-state index in [1.807, 2.05) is 6.92 Å². The fourth-order valence-electron chi connectivity index (χ4n) is 2.55. The van der Waals surface area contributed by atoms with Crippen LogP contribution in [0.3, 0.4) is 0 Å². The first kappa shape index (κ1) is 19.0. The molecule has 1 heterocycles. The third kappa shape index (κ3) is 7.97. The number of rotatable bonds is 11. The van der Waals surface area contributed by atoms with Gasteiger partial charge in [0, 0.05) is 45.3 Å². The maximum absolute atomic E-state index is 11.5. The number of guanidine groups is 1. The first-order valence-electron chi connectivity index (χ1n) is 9.29. The van der Waals surface area contributed by atoms with Crippen LogP contribution in [0.1, 0.15) is 39.0 Å². The molecule has 138 valence electrons. The number of amides is 1. The number of nitrogens with zero attached hydrogens (tertiary/aromatic N) is 1. The van der Waals surface area contributed by atoms with Crippen molar-refractivity contribution in [3.8, 4) is 0 Å². The summed E-state index contributed by atoms with van der Waals surface area (Å²) >= 11 is 0. The number of carbonyl (C=O) groups is 1. The average Bonchev–Trinajstić information content (AvgIpc) is 3.31. The van der Waals surface area contributed by atoms with Crippen molar-refractivity contribution >= 4 is 11.9 Å². The molecule has 7 heteroatoms. The van der Waals surface area contributed by atoms with Gasteiger partial charge in [-0.1, -0.05) is 0 Å². The van der Waals surface area contributed by atoms with Crippen LogP contribution in [0, 0.1) is 5.92 Å². The van der Waals surface area contributed by atoms with Gasteiger partial charge in [-0.3, -0.25) is 9.79 Å². The minimum atomic E-state index is 0.183. The topological polar surface area (TPSA) is 84.0 Å². The molecule has 2 rings (SSSR count). The number of hydrogen-bond acceptors (Lipinski definition) is 4. The van der Waals surface area contributed by atoms with Crippen LogP contribution >= 0.6 is 0 Å². The summed E-state index contributed by atoms with van der Waals surface area (Å²) in [4.78, 5) is 16.1.